The van der Waals surface area contributed by atoms with Crippen molar-refractivity contribution in [2.24, 2.45) is 0 Å². The third-order valence-electron chi connectivity index (χ3n) is 3.78. The zero-order valence-corrected chi connectivity index (χ0v) is 13.2. The van der Waals surface area contributed by atoms with Crippen molar-refractivity contribution in [1.29, 1.82) is 0 Å². The average Bonchev–Trinajstić information content (AvgIpc) is 2.42. The monoisotopic (exact) mass is 324 g/mol. The van der Waals surface area contributed by atoms with Gasteiger partial charge < -0.3 is 9.80 Å². The lowest BCUT2D eigenvalue weighted by atomic mass is 10.0. The highest BCUT2D eigenvalue weighted by Gasteiger charge is 2.24. The number of aryl methyl sites for hydroxylation is 1. The predicted octanol–water partition coefficient (Wildman–Crippen LogP) is 3.07. The molecule has 1 heterocycles. The van der Waals surface area contributed by atoms with Gasteiger partial charge in [0.15, 0.2) is 0 Å². The number of halogens is 1. The van der Waals surface area contributed by atoms with Gasteiger partial charge in [0, 0.05) is 29.7 Å². The van der Waals surface area contributed by atoms with Crippen LogP contribution in [0.25, 0.3) is 0 Å². The molecule has 1 aliphatic heterocycles. The van der Waals surface area contributed by atoms with Crippen molar-refractivity contribution >= 4 is 27.5 Å². The van der Waals surface area contributed by atoms with E-state index in [0.717, 1.165) is 42.8 Å². The number of carbonyl (C=O) groups excluding carboxylic acids is 1. The molecule has 0 atom stereocenters. The van der Waals surface area contributed by atoms with Gasteiger partial charge in [-0.1, -0.05) is 29.8 Å². The summed E-state index contributed by atoms with van der Waals surface area (Å²) in [5.74, 6) is 0.252. The van der Waals surface area contributed by atoms with Crippen LogP contribution in [0.3, 0.4) is 0 Å². The van der Waals surface area contributed by atoms with Crippen LogP contribution in [-0.2, 0) is 11.2 Å². The second-order valence-electron chi connectivity index (χ2n) is 4.85. The van der Waals surface area contributed by atoms with Gasteiger partial charge in [-0.15, -0.1) is 0 Å². The summed E-state index contributed by atoms with van der Waals surface area (Å²) in [7, 11) is 0. The summed E-state index contributed by atoms with van der Waals surface area (Å²) in [6, 6.07) is 6.20. The normalized spacial score (nSPS) is 14.9. The third-order valence-corrected chi connectivity index (χ3v) is 4.27. The van der Waals surface area contributed by atoms with Crippen LogP contribution in [0, 0.1) is 0 Å². The number of benzene rings is 1. The van der Waals surface area contributed by atoms with E-state index in [9.17, 15) is 4.79 Å². The molecule has 0 radical (unpaired) electrons. The molecule has 0 bridgehead atoms. The van der Waals surface area contributed by atoms with E-state index in [-0.39, 0.29) is 5.91 Å². The van der Waals surface area contributed by atoms with Crippen molar-refractivity contribution in [3.05, 3.63) is 28.2 Å². The Morgan fingerprint density at radius 3 is 2.68 bits per heavy atom. The maximum atomic E-state index is 12.1. The largest absolute Gasteiger partial charge is 0.311 e. The number of nitrogens with zero attached hydrogens (tertiary/aromatic N) is 2. The van der Waals surface area contributed by atoms with Crippen LogP contribution < -0.4 is 4.90 Å². The van der Waals surface area contributed by atoms with Gasteiger partial charge in [0.2, 0.25) is 5.91 Å². The molecule has 1 aromatic carbocycles. The maximum absolute atomic E-state index is 12.1. The van der Waals surface area contributed by atoms with Crippen LogP contribution in [0.4, 0.5) is 5.69 Å². The highest BCUT2D eigenvalue weighted by molar-refractivity contribution is 9.10. The van der Waals surface area contributed by atoms with Crippen molar-refractivity contribution in [3.8, 4) is 0 Å². The summed E-state index contributed by atoms with van der Waals surface area (Å²) in [6.07, 6.45) is 1.48. The van der Waals surface area contributed by atoms with Gasteiger partial charge in [-0.05, 0) is 43.3 Å². The summed E-state index contributed by atoms with van der Waals surface area (Å²) >= 11 is 3.50. The Kier molecular flexibility index (Phi) is 4.99. The van der Waals surface area contributed by atoms with Crippen molar-refractivity contribution in [1.82, 2.24) is 4.90 Å². The molecule has 0 saturated carbocycles. The first-order chi connectivity index (χ1) is 9.15. The molecule has 1 amide bonds. The summed E-state index contributed by atoms with van der Waals surface area (Å²) in [6.45, 7) is 8.11. The Labute approximate surface area is 123 Å². The summed E-state index contributed by atoms with van der Waals surface area (Å²) in [5.41, 5.74) is 2.36. The standard InChI is InChI=1S/C15H21BrN2O/c1-3-17(4-2)9-10-18-14-7-6-13(16)11-12(14)5-8-15(18)19/h6-7,11H,3-5,8-10H2,1-2H3. The lowest BCUT2D eigenvalue weighted by Gasteiger charge is -2.31. The first-order valence-electron chi connectivity index (χ1n) is 6.96. The van der Waals surface area contributed by atoms with Gasteiger partial charge in [0.1, 0.15) is 0 Å². The van der Waals surface area contributed by atoms with Gasteiger partial charge >= 0.3 is 0 Å². The van der Waals surface area contributed by atoms with Crippen molar-refractivity contribution in [2.45, 2.75) is 26.7 Å². The van der Waals surface area contributed by atoms with E-state index in [1.807, 2.05) is 11.0 Å². The Hall–Kier alpha value is -0.870. The number of fused-ring (bicyclic) bond motifs is 1. The van der Waals surface area contributed by atoms with Crippen LogP contribution in [0.5, 0.6) is 0 Å². The fourth-order valence-electron chi connectivity index (χ4n) is 2.55. The Morgan fingerprint density at radius 2 is 2.00 bits per heavy atom. The zero-order chi connectivity index (χ0) is 13.8. The van der Waals surface area contributed by atoms with Gasteiger partial charge in [-0.25, -0.2) is 0 Å². The molecule has 4 heteroatoms. The topological polar surface area (TPSA) is 23.6 Å². The smallest absolute Gasteiger partial charge is 0.227 e. The van der Waals surface area contributed by atoms with Crippen LogP contribution in [0.1, 0.15) is 25.8 Å². The second kappa shape index (κ2) is 6.53. The minimum Gasteiger partial charge on any atom is -0.311 e. The van der Waals surface area contributed by atoms with Gasteiger partial charge in [-0.2, -0.15) is 0 Å². The Morgan fingerprint density at radius 1 is 1.26 bits per heavy atom. The summed E-state index contributed by atoms with van der Waals surface area (Å²) in [4.78, 5) is 16.4. The molecule has 0 aromatic heterocycles. The van der Waals surface area contributed by atoms with Crippen molar-refractivity contribution < 1.29 is 4.79 Å². The number of likely N-dealkylation sites (N-methyl/N-ethyl adjacent to an activating group) is 1. The molecule has 0 aliphatic carbocycles. The first-order valence-corrected chi connectivity index (χ1v) is 7.76. The zero-order valence-electron chi connectivity index (χ0n) is 11.7. The molecule has 3 nitrogen and oxygen atoms in total. The maximum Gasteiger partial charge on any atom is 0.227 e. The molecule has 1 aromatic rings. The van der Waals surface area contributed by atoms with E-state index in [4.69, 9.17) is 0 Å². The molecule has 0 saturated heterocycles. The molecule has 0 spiro atoms. The fraction of sp³-hybridized carbons (Fsp3) is 0.533. The Balaban J connectivity index is 2.14. The van der Waals surface area contributed by atoms with Crippen molar-refractivity contribution in [3.63, 3.8) is 0 Å². The van der Waals surface area contributed by atoms with Crippen LogP contribution >= 0.6 is 15.9 Å². The molecule has 0 N–H and O–H groups in total. The summed E-state index contributed by atoms with van der Waals surface area (Å²) in [5, 5.41) is 0. The number of carbonyl (C=O) groups is 1. The minimum atomic E-state index is 0.252. The number of hydrogen-bond acceptors (Lipinski definition) is 2. The van der Waals surface area contributed by atoms with Crippen LogP contribution in [-0.4, -0.2) is 37.0 Å². The van der Waals surface area contributed by atoms with Gasteiger partial charge in [0.25, 0.3) is 0 Å². The summed E-state index contributed by atoms with van der Waals surface area (Å²) < 4.78 is 1.09. The van der Waals surface area contributed by atoms with E-state index in [2.05, 4.69) is 46.8 Å². The van der Waals surface area contributed by atoms with E-state index in [1.54, 1.807) is 0 Å². The van der Waals surface area contributed by atoms with E-state index in [1.165, 1.54) is 5.56 Å². The van der Waals surface area contributed by atoms with E-state index < -0.39 is 0 Å². The van der Waals surface area contributed by atoms with E-state index >= 15 is 0 Å². The first kappa shape index (κ1) is 14.5. The van der Waals surface area contributed by atoms with Crippen LogP contribution in [0.15, 0.2) is 22.7 Å². The number of anilines is 1. The van der Waals surface area contributed by atoms with E-state index in [0.29, 0.717) is 6.42 Å². The number of rotatable bonds is 5. The number of hydrogen-bond donors (Lipinski definition) is 0. The predicted molar refractivity (Wildman–Crippen MR) is 82.6 cm³/mol. The SMILES string of the molecule is CCN(CC)CCN1C(=O)CCc2cc(Br)ccc21. The minimum absolute atomic E-state index is 0.252. The molecule has 104 valence electrons. The highest BCUT2D eigenvalue weighted by atomic mass is 79.9. The lowest BCUT2D eigenvalue weighted by molar-refractivity contribution is -0.118. The van der Waals surface area contributed by atoms with Gasteiger partial charge in [0.05, 0.1) is 0 Å². The second-order valence-corrected chi connectivity index (χ2v) is 5.76. The van der Waals surface area contributed by atoms with Gasteiger partial charge in [-0.3, -0.25) is 4.79 Å². The molecule has 1 aliphatic rings. The third kappa shape index (κ3) is 3.37. The highest BCUT2D eigenvalue weighted by Crippen LogP contribution is 2.30. The average molecular weight is 325 g/mol. The lowest BCUT2D eigenvalue weighted by Crippen LogP contribution is -2.41. The fourth-order valence-corrected chi connectivity index (χ4v) is 2.96. The molecule has 19 heavy (non-hydrogen) atoms. The molecular weight excluding hydrogens is 304 g/mol. The number of amides is 1. The Bertz CT molecular complexity index is 457. The van der Waals surface area contributed by atoms with Crippen molar-refractivity contribution in [2.75, 3.05) is 31.1 Å². The molecule has 2 rings (SSSR count). The molecular formula is C15H21BrN2O. The molecule has 0 unspecified atom stereocenters. The van der Waals surface area contributed by atoms with Crippen LogP contribution in [0.2, 0.25) is 0 Å². The quantitative estimate of drug-likeness (QED) is 0.831. The molecule has 0 fully saturated rings.